The third kappa shape index (κ3) is 2.34. The van der Waals surface area contributed by atoms with Crippen LogP contribution >= 0.6 is 0 Å². The van der Waals surface area contributed by atoms with Crippen molar-refractivity contribution in [1.29, 1.82) is 0 Å². The third-order valence-electron chi connectivity index (χ3n) is 5.18. The molecule has 2 amide bonds. The summed E-state index contributed by atoms with van der Waals surface area (Å²) in [6.07, 6.45) is 2.61. The van der Waals surface area contributed by atoms with Crippen LogP contribution in [0.3, 0.4) is 0 Å². The lowest BCUT2D eigenvalue weighted by atomic mass is 9.77. The molecule has 0 aromatic carbocycles. The number of nitrogens with zero attached hydrogens (tertiary/aromatic N) is 1. The minimum atomic E-state index is -0.769. The number of hydrogen-bond acceptors (Lipinski definition) is 3. The second-order valence-electron chi connectivity index (χ2n) is 6.66. The van der Waals surface area contributed by atoms with Gasteiger partial charge < -0.3 is 5.11 Å². The topological polar surface area (TPSA) is 74.7 Å². The summed E-state index contributed by atoms with van der Waals surface area (Å²) in [6, 6.07) is -0.105. The van der Waals surface area contributed by atoms with Gasteiger partial charge in [-0.1, -0.05) is 13.8 Å². The SMILES string of the molecule is CC(C)C1(C)CC(=O)N(C2CCC(C(=O)O)CC2)C1=O. The highest BCUT2D eigenvalue weighted by Gasteiger charge is 2.52. The summed E-state index contributed by atoms with van der Waals surface area (Å²) in [5, 5.41) is 9.00. The minimum Gasteiger partial charge on any atom is -0.481 e. The van der Waals surface area contributed by atoms with E-state index >= 15 is 0 Å². The van der Waals surface area contributed by atoms with Crippen molar-refractivity contribution >= 4 is 17.8 Å². The summed E-state index contributed by atoms with van der Waals surface area (Å²) in [5.74, 6) is -1.13. The van der Waals surface area contributed by atoms with Gasteiger partial charge in [-0.15, -0.1) is 0 Å². The number of carbonyl (C=O) groups is 3. The molecule has 5 nitrogen and oxygen atoms in total. The number of carbonyl (C=O) groups excluding carboxylic acids is 2. The summed E-state index contributed by atoms with van der Waals surface area (Å²) < 4.78 is 0. The van der Waals surface area contributed by atoms with E-state index in [1.165, 1.54) is 4.90 Å². The summed E-state index contributed by atoms with van der Waals surface area (Å²) in [4.78, 5) is 37.2. The van der Waals surface area contributed by atoms with Gasteiger partial charge in [0.1, 0.15) is 0 Å². The van der Waals surface area contributed by atoms with Gasteiger partial charge in [0.15, 0.2) is 0 Å². The average Bonchev–Trinajstić information content (AvgIpc) is 2.61. The molecule has 5 heteroatoms. The number of aliphatic carboxylic acids is 1. The molecule has 1 saturated heterocycles. The molecule has 1 atom stereocenters. The highest BCUT2D eigenvalue weighted by atomic mass is 16.4. The molecule has 1 saturated carbocycles. The fraction of sp³-hybridized carbons (Fsp3) is 0.800. The Labute approximate surface area is 119 Å². The number of imide groups is 1. The molecule has 0 spiro atoms. The molecular weight excluding hydrogens is 258 g/mol. The Morgan fingerprint density at radius 2 is 1.80 bits per heavy atom. The smallest absolute Gasteiger partial charge is 0.306 e. The van der Waals surface area contributed by atoms with Gasteiger partial charge >= 0.3 is 5.97 Å². The van der Waals surface area contributed by atoms with E-state index in [4.69, 9.17) is 5.11 Å². The summed E-state index contributed by atoms with van der Waals surface area (Å²) >= 11 is 0. The molecular formula is C15H23NO4. The van der Waals surface area contributed by atoms with Crippen LogP contribution < -0.4 is 0 Å². The highest BCUT2D eigenvalue weighted by molar-refractivity contribution is 6.06. The molecule has 1 N–H and O–H groups in total. The van der Waals surface area contributed by atoms with Crippen molar-refractivity contribution < 1.29 is 19.5 Å². The Morgan fingerprint density at radius 3 is 2.20 bits per heavy atom. The normalized spacial score (nSPS) is 34.9. The van der Waals surface area contributed by atoms with Gasteiger partial charge in [0.25, 0.3) is 0 Å². The van der Waals surface area contributed by atoms with Crippen LogP contribution in [0, 0.1) is 17.3 Å². The number of carboxylic acids is 1. The van der Waals surface area contributed by atoms with Crippen LogP contribution in [0.1, 0.15) is 52.9 Å². The van der Waals surface area contributed by atoms with Crippen LogP contribution in [-0.4, -0.2) is 33.8 Å². The molecule has 1 unspecified atom stereocenters. The summed E-state index contributed by atoms with van der Waals surface area (Å²) in [7, 11) is 0. The molecule has 0 radical (unpaired) electrons. The van der Waals surface area contributed by atoms with Crippen molar-refractivity contribution in [2.75, 3.05) is 0 Å². The Morgan fingerprint density at radius 1 is 1.25 bits per heavy atom. The van der Waals surface area contributed by atoms with Crippen LogP contribution in [0.5, 0.6) is 0 Å². The van der Waals surface area contributed by atoms with Crippen LogP contribution in [0.4, 0.5) is 0 Å². The van der Waals surface area contributed by atoms with E-state index in [1.54, 1.807) is 0 Å². The fourth-order valence-electron chi connectivity index (χ4n) is 3.26. The molecule has 20 heavy (non-hydrogen) atoms. The summed E-state index contributed by atoms with van der Waals surface area (Å²) in [5.41, 5.74) is -0.596. The Balaban J connectivity index is 2.09. The standard InChI is InChI=1S/C15H23NO4/c1-9(2)15(3)8-12(17)16(14(15)20)11-6-4-10(5-7-11)13(18)19/h9-11H,4-8H2,1-3H3,(H,18,19). The molecule has 0 aromatic heterocycles. The van der Waals surface area contributed by atoms with E-state index in [1.807, 2.05) is 20.8 Å². The van der Waals surface area contributed by atoms with Gasteiger partial charge in [-0.05, 0) is 38.5 Å². The van der Waals surface area contributed by atoms with E-state index in [0.29, 0.717) is 25.7 Å². The predicted octanol–water partition coefficient (Wildman–Crippen LogP) is 2.05. The molecule has 1 heterocycles. The zero-order valence-corrected chi connectivity index (χ0v) is 12.4. The molecule has 1 aliphatic heterocycles. The first kappa shape index (κ1) is 15.0. The molecule has 2 rings (SSSR count). The monoisotopic (exact) mass is 281 g/mol. The van der Waals surface area contributed by atoms with Crippen molar-refractivity contribution in [2.24, 2.45) is 17.3 Å². The van der Waals surface area contributed by atoms with Crippen molar-refractivity contribution in [3.8, 4) is 0 Å². The van der Waals surface area contributed by atoms with Gasteiger partial charge in [-0.3, -0.25) is 19.3 Å². The van der Waals surface area contributed by atoms with Crippen LogP contribution in [0.2, 0.25) is 0 Å². The lowest BCUT2D eigenvalue weighted by Gasteiger charge is -2.34. The zero-order valence-electron chi connectivity index (χ0n) is 12.4. The minimum absolute atomic E-state index is 0.0729. The molecule has 0 aromatic rings. The molecule has 0 bridgehead atoms. The highest BCUT2D eigenvalue weighted by Crippen LogP contribution is 2.42. The lowest BCUT2D eigenvalue weighted by molar-refractivity contribution is -0.146. The van der Waals surface area contributed by atoms with Crippen molar-refractivity contribution in [3.05, 3.63) is 0 Å². The van der Waals surface area contributed by atoms with E-state index in [-0.39, 0.29) is 36.1 Å². The van der Waals surface area contributed by atoms with Gasteiger partial charge in [0.05, 0.1) is 11.3 Å². The molecule has 1 aliphatic carbocycles. The molecule has 112 valence electrons. The van der Waals surface area contributed by atoms with Gasteiger partial charge in [-0.25, -0.2) is 0 Å². The average molecular weight is 281 g/mol. The maximum atomic E-state index is 12.6. The van der Waals surface area contributed by atoms with Crippen LogP contribution in [0.15, 0.2) is 0 Å². The predicted molar refractivity (Wildman–Crippen MR) is 72.8 cm³/mol. The number of rotatable bonds is 3. The van der Waals surface area contributed by atoms with Crippen LogP contribution in [0.25, 0.3) is 0 Å². The quantitative estimate of drug-likeness (QED) is 0.803. The largest absolute Gasteiger partial charge is 0.481 e. The van der Waals surface area contributed by atoms with Gasteiger partial charge in [-0.2, -0.15) is 0 Å². The Kier molecular flexibility index (Phi) is 3.89. The van der Waals surface area contributed by atoms with Crippen molar-refractivity contribution in [2.45, 2.75) is 58.9 Å². The van der Waals surface area contributed by atoms with Crippen molar-refractivity contribution in [3.63, 3.8) is 0 Å². The van der Waals surface area contributed by atoms with E-state index in [0.717, 1.165) is 0 Å². The number of amides is 2. The van der Waals surface area contributed by atoms with Gasteiger partial charge in [0.2, 0.25) is 11.8 Å². The van der Waals surface area contributed by atoms with E-state index in [9.17, 15) is 14.4 Å². The Bertz CT molecular complexity index is 437. The first-order valence-corrected chi connectivity index (χ1v) is 7.36. The second-order valence-corrected chi connectivity index (χ2v) is 6.66. The molecule has 2 fully saturated rings. The number of carboxylic acid groups (broad SMARTS) is 1. The van der Waals surface area contributed by atoms with Gasteiger partial charge in [0, 0.05) is 12.5 Å². The maximum absolute atomic E-state index is 12.6. The molecule has 2 aliphatic rings. The van der Waals surface area contributed by atoms with Crippen molar-refractivity contribution in [1.82, 2.24) is 4.90 Å². The lowest BCUT2D eigenvalue weighted by Crippen LogP contribution is -2.45. The fourth-order valence-corrected chi connectivity index (χ4v) is 3.26. The number of hydrogen-bond donors (Lipinski definition) is 1. The van der Waals surface area contributed by atoms with E-state index in [2.05, 4.69) is 0 Å². The zero-order chi connectivity index (χ0) is 15.1. The third-order valence-corrected chi connectivity index (χ3v) is 5.18. The number of likely N-dealkylation sites (tertiary alicyclic amines) is 1. The Hall–Kier alpha value is -1.39. The first-order valence-electron chi connectivity index (χ1n) is 7.36. The van der Waals surface area contributed by atoms with E-state index < -0.39 is 11.4 Å². The maximum Gasteiger partial charge on any atom is 0.306 e. The summed E-state index contributed by atoms with van der Waals surface area (Å²) in [6.45, 7) is 5.80. The van der Waals surface area contributed by atoms with Crippen LogP contribution in [-0.2, 0) is 14.4 Å². The first-order chi connectivity index (χ1) is 9.27. The second kappa shape index (κ2) is 5.19.